The van der Waals surface area contributed by atoms with Gasteiger partial charge >= 0.3 is 0 Å². The van der Waals surface area contributed by atoms with Crippen molar-refractivity contribution in [3.63, 3.8) is 0 Å². The van der Waals surface area contributed by atoms with Crippen molar-refractivity contribution < 1.29 is 10.2 Å². The summed E-state index contributed by atoms with van der Waals surface area (Å²) in [6.45, 7) is 0.872. The first-order valence-electron chi connectivity index (χ1n) is 6.09. The lowest BCUT2D eigenvalue weighted by molar-refractivity contribution is 0.400. The molecule has 0 saturated heterocycles. The highest BCUT2D eigenvalue weighted by atomic mass is 16.3. The molecule has 1 unspecified atom stereocenters. The minimum absolute atomic E-state index is 0.0394. The van der Waals surface area contributed by atoms with Crippen molar-refractivity contribution in [1.29, 1.82) is 0 Å². The number of fused-ring (bicyclic) bond motifs is 1. The molecule has 0 saturated carbocycles. The third kappa shape index (κ3) is 1.83. The van der Waals surface area contributed by atoms with Crippen LogP contribution in [0.15, 0.2) is 42.5 Å². The fraction of sp³-hybridized carbons (Fsp3) is 0.200. The first kappa shape index (κ1) is 11.1. The highest BCUT2D eigenvalue weighted by Gasteiger charge is 2.22. The van der Waals surface area contributed by atoms with Crippen molar-refractivity contribution in [3.8, 4) is 11.5 Å². The normalized spacial score (nSPS) is 18.3. The van der Waals surface area contributed by atoms with Crippen LogP contribution in [0.1, 0.15) is 22.7 Å². The number of hydrogen-bond acceptors (Lipinski definition) is 3. The molecule has 0 bridgehead atoms. The van der Waals surface area contributed by atoms with Gasteiger partial charge in [-0.1, -0.05) is 30.3 Å². The van der Waals surface area contributed by atoms with E-state index in [-0.39, 0.29) is 17.5 Å². The van der Waals surface area contributed by atoms with Gasteiger partial charge < -0.3 is 15.5 Å². The van der Waals surface area contributed by atoms with E-state index in [4.69, 9.17) is 0 Å². The van der Waals surface area contributed by atoms with E-state index >= 15 is 0 Å². The predicted octanol–water partition coefficient (Wildman–Crippen LogP) is 2.33. The lowest BCUT2D eigenvalue weighted by Gasteiger charge is -2.27. The summed E-state index contributed by atoms with van der Waals surface area (Å²) in [5, 5.41) is 22.7. The summed E-state index contributed by atoms with van der Waals surface area (Å²) in [5.41, 5.74) is 3.31. The zero-order valence-electron chi connectivity index (χ0n) is 9.93. The molecule has 1 aliphatic heterocycles. The Balaban J connectivity index is 2.09. The summed E-state index contributed by atoms with van der Waals surface area (Å²) in [5.74, 6) is -0.0964. The Hall–Kier alpha value is -2.00. The van der Waals surface area contributed by atoms with Gasteiger partial charge in [-0.05, 0) is 35.2 Å². The second-order valence-corrected chi connectivity index (χ2v) is 4.59. The molecule has 0 spiro atoms. The van der Waals surface area contributed by atoms with Crippen molar-refractivity contribution in [3.05, 3.63) is 59.2 Å². The molecular weight excluding hydrogens is 226 g/mol. The Morgan fingerprint density at radius 3 is 2.50 bits per heavy atom. The van der Waals surface area contributed by atoms with Crippen LogP contribution in [0.4, 0.5) is 0 Å². The minimum atomic E-state index is -0.0571. The topological polar surface area (TPSA) is 52.5 Å². The number of phenols is 2. The van der Waals surface area contributed by atoms with Crippen molar-refractivity contribution in [1.82, 2.24) is 5.32 Å². The Labute approximate surface area is 106 Å². The monoisotopic (exact) mass is 241 g/mol. The zero-order valence-corrected chi connectivity index (χ0v) is 9.93. The fourth-order valence-electron chi connectivity index (χ4n) is 2.53. The molecule has 0 amide bonds. The number of hydrogen-bond donors (Lipinski definition) is 3. The van der Waals surface area contributed by atoms with E-state index in [1.807, 2.05) is 18.2 Å². The second kappa shape index (κ2) is 4.35. The van der Waals surface area contributed by atoms with E-state index < -0.39 is 0 Å². The van der Waals surface area contributed by atoms with E-state index in [2.05, 4.69) is 17.4 Å². The molecule has 3 nitrogen and oxygen atoms in total. The van der Waals surface area contributed by atoms with Crippen molar-refractivity contribution in [2.24, 2.45) is 0 Å². The van der Waals surface area contributed by atoms with Gasteiger partial charge in [0.25, 0.3) is 0 Å². The van der Waals surface area contributed by atoms with E-state index in [0.717, 1.165) is 24.1 Å². The van der Waals surface area contributed by atoms with Crippen LogP contribution in [0, 0.1) is 0 Å². The van der Waals surface area contributed by atoms with E-state index in [1.165, 1.54) is 5.56 Å². The highest BCUT2D eigenvalue weighted by Crippen LogP contribution is 2.35. The van der Waals surface area contributed by atoms with Crippen molar-refractivity contribution >= 4 is 0 Å². The first-order chi connectivity index (χ1) is 8.75. The van der Waals surface area contributed by atoms with Gasteiger partial charge in [-0.25, -0.2) is 0 Å². The molecule has 0 aliphatic carbocycles. The van der Waals surface area contributed by atoms with Crippen molar-refractivity contribution in [2.45, 2.75) is 12.5 Å². The second-order valence-electron chi connectivity index (χ2n) is 4.59. The van der Waals surface area contributed by atoms with Gasteiger partial charge in [-0.3, -0.25) is 0 Å². The van der Waals surface area contributed by atoms with Gasteiger partial charge in [0.1, 0.15) is 0 Å². The van der Waals surface area contributed by atoms with E-state index in [9.17, 15) is 10.2 Å². The van der Waals surface area contributed by atoms with Gasteiger partial charge in [0, 0.05) is 6.54 Å². The van der Waals surface area contributed by atoms with Gasteiger partial charge in [0.05, 0.1) is 6.04 Å². The standard InChI is InChI=1S/C15H15NO2/c17-13-8-11-6-7-16-15(12(11)9-14(13)18)10-4-2-1-3-5-10/h1-5,8-9,15-18H,6-7H2. The molecule has 1 atom stereocenters. The molecule has 0 radical (unpaired) electrons. The van der Waals surface area contributed by atoms with E-state index in [1.54, 1.807) is 12.1 Å². The quantitative estimate of drug-likeness (QED) is 0.672. The van der Waals surface area contributed by atoms with Crippen LogP contribution in [-0.2, 0) is 6.42 Å². The SMILES string of the molecule is Oc1cc2c(cc1O)C(c1ccccc1)NCC2. The third-order valence-electron chi connectivity index (χ3n) is 3.42. The molecule has 3 rings (SSSR count). The lowest BCUT2D eigenvalue weighted by Crippen LogP contribution is -2.30. The Morgan fingerprint density at radius 1 is 1.00 bits per heavy atom. The van der Waals surface area contributed by atoms with Crippen LogP contribution >= 0.6 is 0 Å². The number of phenolic OH excluding ortho intramolecular Hbond substituents is 2. The molecule has 0 aromatic heterocycles. The highest BCUT2D eigenvalue weighted by molar-refractivity contribution is 5.50. The average molecular weight is 241 g/mol. The number of benzene rings is 2. The maximum Gasteiger partial charge on any atom is 0.157 e. The lowest BCUT2D eigenvalue weighted by atomic mass is 9.89. The molecule has 0 fully saturated rings. The summed E-state index contributed by atoms with van der Waals surface area (Å²) in [6, 6.07) is 13.5. The van der Waals surface area contributed by atoms with Crippen molar-refractivity contribution in [2.75, 3.05) is 6.54 Å². The Morgan fingerprint density at radius 2 is 1.72 bits per heavy atom. The smallest absolute Gasteiger partial charge is 0.157 e. The zero-order chi connectivity index (χ0) is 12.5. The largest absolute Gasteiger partial charge is 0.504 e. The Bertz CT molecular complexity index is 566. The van der Waals surface area contributed by atoms with E-state index in [0.29, 0.717) is 0 Å². The molecule has 2 aromatic carbocycles. The van der Waals surface area contributed by atoms with Crippen LogP contribution < -0.4 is 5.32 Å². The third-order valence-corrected chi connectivity index (χ3v) is 3.42. The maximum absolute atomic E-state index is 9.66. The summed E-state index contributed by atoms with van der Waals surface area (Å²) < 4.78 is 0. The van der Waals surface area contributed by atoms with Gasteiger partial charge in [-0.2, -0.15) is 0 Å². The molecule has 2 aromatic rings. The summed E-state index contributed by atoms with van der Waals surface area (Å²) in [4.78, 5) is 0. The van der Waals surface area contributed by atoms with Crippen LogP contribution in [-0.4, -0.2) is 16.8 Å². The molecule has 3 N–H and O–H groups in total. The average Bonchev–Trinajstić information content (AvgIpc) is 2.40. The molecular formula is C15H15NO2. The van der Waals surface area contributed by atoms with Crippen LogP contribution in [0.25, 0.3) is 0 Å². The number of nitrogens with one attached hydrogen (secondary N) is 1. The molecule has 1 aliphatic rings. The predicted molar refractivity (Wildman–Crippen MR) is 69.8 cm³/mol. The Kier molecular flexibility index (Phi) is 2.68. The van der Waals surface area contributed by atoms with Crippen LogP contribution in [0.2, 0.25) is 0 Å². The molecule has 3 heteroatoms. The number of rotatable bonds is 1. The van der Waals surface area contributed by atoms with Gasteiger partial charge in [0.15, 0.2) is 11.5 Å². The maximum atomic E-state index is 9.66. The summed E-state index contributed by atoms with van der Waals surface area (Å²) in [6.07, 6.45) is 0.868. The minimum Gasteiger partial charge on any atom is -0.504 e. The van der Waals surface area contributed by atoms with Gasteiger partial charge in [-0.15, -0.1) is 0 Å². The molecule has 92 valence electrons. The fourth-order valence-corrected chi connectivity index (χ4v) is 2.53. The molecule has 1 heterocycles. The van der Waals surface area contributed by atoms with Crippen LogP contribution in [0.3, 0.4) is 0 Å². The first-order valence-corrected chi connectivity index (χ1v) is 6.09. The summed E-state index contributed by atoms with van der Waals surface area (Å²) >= 11 is 0. The van der Waals surface area contributed by atoms with Gasteiger partial charge in [0.2, 0.25) is 0 Å². The van der Waals surface area contributed by atoms with Crippen LogP contribution in [0.5, 0.6) is 11.5 Å². The summed E-state index contributed by atoms with van der Waals surface area (Å²) in [7, 11) is 0. The number of aromatic hydroxyl groups is 2. The molecule has 18 heavy (non-hydrogen) atoms.